The number of aliphatic imine (C=N–C) groups is 1. The van der Waals surface area contributed by atoms with Gasteiger partial charge in [0, 0.05) is 5.69 Å². The monoisotopic (exact) mass is 677 g/mol. The van der Waals surface area contributed by atoms with Gasteiger partial charge in [-0.1, -0.05) is 169 Å². The standard InChI is InChI=1S/C46H51N3O2/c1-42(2,3)36-29-37(43(4,5)6)31-38(30-36)47-41-48-45(32-21-13-9-14-22-32,33-23-15-10-16-24-33)39-40(51-44(7,8)50-39)46(49-41,34-25-17-11-18-26-34)35-27-19-12-20-28-35/h9-31,39-40H,1-8H3,(H2,47,48,49)/t39-,40-/m1/s1. The van der Waals surface area contributed by atoms with Crippen LogP contribution in [-0.2, 0) is 31.4 Å². The number of ether oxygens (including phenoxy) is 2. The van der Waals surface area contributed by atoms with Gasteiger partial charge >= 0.3 is 0 Å². The lowest BCUT2D eigenvalue weighted by molar-refractivity contribution is -0.155. The van der Waals surface area contributed by atoms with Gasteiger partial charge in [-0.2, -0.15) is 0 Å². The number of fused-ring (bicyclic) bond motifs is 1. The molecule has 0 amide bonds. The summed E-state index contributed by atoms with van der Waals surface area (Å²) in [4.78, 5) is 5.87. The highest BCUT2D eigenvalue weighted by Gasteiger charge is 2.64. The zero-order valence-electron chi connectivity index (χ0n) is 31.2. The molecule has 0 aromatic heterocycles. The van der Waals surface area contributed by atoms with E-state index in [-0.39, 0.29) is 10.8 Å². The molecule has 2 aliphatic heterocycles. The van der Waals surface area contributed by atoms with E-state index in [0.717, 1.165) is 27.9 Å². The molecule has 7 rings (SSSR count). The van der Waals surface area contributed by atoms with Gasteiger partial charge in [-0.3, -0.25) is 0 Å². The average molecular weight is 678 g/mol. The van der Waals surface area contributed by atoms with Crippen LogP contribution in [0.3, 0.4) is 0 Å². The first-order chi connectivity index (χ1) is 24.2. The number of anilines is 1. The number of nitrogens with one attached hydrogen (secondary N) is 2. The van der Waals surface area contributed by atoms with E-state index in [9.17, 15) is 0 Å². The predicted molar refractivity (Wildman–Crippen MR) is 209 cm³/mol. The third-order valence-electron chi connectivity index (χ3n) is 10.4. The molecule has 5 nitrogen and oxygen atoms in total. The van der Waals surface area contributed by atoms with Crippen molar-refractivity contribution in [2.75, 3.05) is 5.32 Å². The van der Waals surface area contributed by atoms with Crippen LogP contribution < -0.4 is 10.6 Å². The van der Waals surface area contributed by atoms with E-state index in [2.05, 4.69) is 192 Å². The van der Waals surface area contributed by atoms with Crippen LogP contribution in [0.1, 0.15) is 88.8 Å². The molecule has 0 aliphatic carbocycles. The Labute approximate surface area is 304 Å². The molecule has 0 spiro atoms. The molecule has 2 aliphatic rings. The second-order valence-electron chi connectivity index (χ2n) is 16.5. The number of rotatable bonds is 5. The van der Waals surface area contributed by atoms with E-state index in [4.69, 9.17) is 14.5 Å². The number of nitrogens with zero attached hydrogens (tertiary/aromatic N) is 1. The van der Waals surface area contributed by atoms with Gasteiger partial charge in [0.25, 0.3) is 0 Å². The van der Waals surface area contributed by atoms with Crippen LogP contribution in [0.25, 0.3) is 0 Å². The first kappa shape index (κ1) is 34.7. The SMILES string of the molecule is CC1(C)O[C@@H]2[C@@H](O1)C(c1ccccc1)(c1ccccc1)NC(Nc1cc(C(C)(C)C)cc(C(C)(C)C)c1)=NC2(c1ccccc1)c1ccccc1. The Morgan fingerprint density at radius 1 is 0.549 bits per heavy atom. The van der Waals surface area contributed by atoms with Gasteiger partial charge in [0.15, 0.2) is 11.7 Å². The summed E-state index contributed by atoms with van der Waals surface area (Å²) < 4.78 is 14.4. The number of hydrogen-bond donors (Lipinski definition) is 2. The zero-order chi connectivity index (χ0) is 36.1. The highest BCUT2D eigenvalue weighted by Crippen LogP contribution is 2.53. The molecule has 0 unspecified atom stereocenters. The van der Waals surface area contributed by atoms with E-state index >= 15 is 0 Å². The Morgan fingerprint density at radius 3 is 1.35 bits per heavy atom. The van der Waals surface area contributed by atoms with Crippen LogP contribution in [0.4, 0.5) is 5.69 Å². The molecule has 0 radical (unpaired) electrons. The molecule has 5 aromatic carbocycles. The topological polar surface area (TPSA) is 54.9 Å². The third-order valence-corrected chi connectivity index (χ3v) is 10.4. The van der Waals surface area contributed by atoms with Crippen molar-refractivity contribution in [3.8, 4) is 0 Å². The lowest BCUT2D eigenvalue weighted by Crippen LogP contribution is -2.59. The fraction of sp³-hybridized carbons (Fsp3) is 0.326. The number of guanidine groups is 1. The molecular formula is C46H51N3O2. The van der Waals surface area contributed by atoms with E-state index in [1.165, 1.54) is 11.1 Å². The minimum atomic E-state index is -1.00. The highest BCUT2D eigenvalue weighted by atomic mass is 16.8. The summed E-state index contributed by atoms with van der Waals surface area (Å²) >= 11 is 0. The van der Waals surface area contributed by atoms with Gasteiger partial charge in [0.1, 0.15) is 23.3 Å². The minimum Gasteiger partial charge on any atom is -0.341 e. The van der Waals surface area contributed by atoms with Crippen LogP contribution >= 0.6 is 0 Å². The predicted octanol–water partition coefficient (Wildman–Crippen LogP) is 10.1. The Bertz CT molecular complexity index is 1880. The van der Waals surface area contributed by atoms with E-state index in [1.54, 1.807) is 0 Å². The van der Waals surface area contributed by atoms with E-state index in [0.29, 0.717) is 5.96 Å². The van der Waals surface area contributed by atoms with Crippen molar-refractivity contribution in [2.24, 2.45) is 4.99 Å². The Kier molecular flexibility index (Phi) is 8.72. The molecule has 2 heterocycles. The van der Waals surface area contributed by atoms with Gasteiger partial charge in [0.05, 0.1) is 0 Å². The lowest BCUT2D eigenvalue weighted by Gasteiger charge is -2.43. The molecule has 2 N–H and O–H groups in total. The van der Waals surface area contributed by atoms with Gasteiger partial charge in [-0.05, 0) is 70.2 Å². The van der Waals surface area contributed by atoms with Gasteiger partial charge in [0.2, 0.25) is 0 Å². The quantitative estimate of drug-likeness (QED) is 0.194. The molecule has 262 valence electrons. The molecule has 1 saturated heterocycles. The Morgan fingerprint density at radius 2 is 0.941 bits per heavy atom. The Balaban J connectivity index is 1.57. The molecule has 5 heteroatoms. The molecule has 1 fully saturated rings. The molecule has 0 saturated carbocycles. The number of benzene rings is 5. The maximum atomic E-state index is 7.20. The largest absolute Gasteiger partial charge is 0.341 e. The summed E-state index contributed by atoms with van der Waals surface area (Å²) in [7, 11) is 0. The first-order valence-electron chi connectivity index (χ1n) is 18.1. The third kappa shape index (κ3) is 6.39. The molecule has 51 heavy (non-hydrogen) atoms. The highest BCUT2D eigenvalue weighted by molar-refractivity contribution is 5.96. The van der Waals surface area contributed by atoms with Crippen LogP contribution in [0, 0.1) is 0 Å². The first-order valence-corrected chi connectivity index (χ1v) is 18.1. The van der Waals surface area contributed by atoms with Gasteiger partial charge in [-0.15, -0.1) is 0 Å². The minimum absolute atomic E-state index is 0.0592. The van der Waals surface area contributed by atoms with E-state index in [1.807, 2.05) is 13.8 Å². The summed E-state index contributed by atoms with van der Waals surface area (Å²) in [6.45, 7) is 17.6. The summed E-state index contributed by atoms with van der Waals surface area (Å²) in [5.74, 6) is -0.273. The van der Waals surface area contributed by atoms with Gasteiger partial charge in [-0.25, -0.2) is 4.99 Å². The lowest BCUT2D eigenvalue weighted by atomic mass is 9.69. The second kappa shape index (κ2) is 12.8. The maximum Gasteiger partial charge on any atom is 0.198 e. The van der Waals surface area contributed by atoms with E-state index < -0.39 is 29.1 Å². The summed E-state index contributed by atoms with van der Waals surface area (Å²) in [5.41, 5.74) is 5.59. The van der Waals surface area contributed by atoms with Crippen LogP contribution in [0.15, 0.2) is 145 Å². The maximum absolute atomic E-state index is 7.20. The average Bonchev–Trinajstić information content (AvgIpc) is 3.40. The second-order valence-corrected chi connectivity index (χ2v) is 16.5. The van der Waals surface area contributed by atoms with Crippen LogP contribution in [0.2, 0.25) is 0 Å². The summed E-state index contributed by atoms with van der Waals surface area (Å²) in [6.07, 6.45) is -1.07. The number of hydrogen-bond acceptors (Lipinski definition) is 5. The van der Waals surface area contributed by atoms with Crippen molar-refractivity contribution < 1.29 is 9.47 Å². The summed E-state index contributed by atoms with van der Waals surface area (Å²) in [5, 5.41) is 7.94. The van der Waals surface area contributed by atoms with Crippen LogP contribution in [-0.4, -0.2) is 24.0 Å². The smallest absolute Gasteiger partial charge is 0.198 e. The fourth-order valence-corrected chi connectivity index (χ4v) is 7.72. The van der Waals surface area contributed by atoms with Crippen molar-refractivity contribution in [3.05, 3.63) is 173 Å². The zero-order valence-corrected chi connectivity index (χ0v) is 31.2. The Hall–Kier alpha value is -4.71. The van der Waals surface area contributed by atoms with Gasteiger partial charge < -0.3 is 20.1 Å². The molecule has 5 aromatic rings. The summed E-state index contributed by atoms with van der Waals surface area (Å²) in [6, 6.07) is 49.2. The molecule has 2 atom stereocenters. The fourth-order valence-electron chi connectivity index (χ4n) is 7.72. The van der Waals surface area contributed by atoms with Crippen molar-refractivity contribution in [2.45, 2.75) is 95.3 Å². The van der Waals surface area contributed by atoms with Crippen molar-refractivity contribution in [3.63, 3.8) is 0 Å². The normalized spacial score (nSPS) is 20.7. The van der Waals surface area contributed by atoms with Crippen molar-refractivity contribution in [1.29, 1.82) is 0 Å². The van der Waals surface area contributed by atoms with Crippen molar-refractivity contribution in [1.82, 2.24) is 5.32 Å². The van der Waals surface area contributed by atoms with Crippen molar-refractivity contribution >= 4 is 11.6 Å². The molecular weight excluding hydrogens is 627 g/mol. The van der Waals surface area contributed by atoms with Crippen LogP contribution in [0.5, 0.6) is 0 Å². The molecule has 0 bridgehead atoms.